The summed E-state index contributed by atoms with van der Waals surface area (Å²) in [5.74, 6) is -0.580. The van der Waals surface area contributed by atoms with E-state index in [9.17, 15) is 9.90 Å². The van der Waals surface area contributed by atoms with Gasteiger partial charge in [0.25, 0.3) is 5.91 Å². The van der Waals surface area contributed by atoms with E-state index in [4.69, 9.17) is 36.4 Å². The molecule has 2 rings (SSSR count). The number of carbonyl (C=O) groups is 1. The molecular weight excluding hydrogens is 349 g/mol. The zero-order valence-corrected chi connectivity index (χ0v) is 14.8. The number of hydrogen-bond acceptors (Lipinski definition) is 3. The molecule has 0 saturated heterocycles. The van der Waals surface area contributed by atoms with E-state index in [1.54, 1.807) is 12.1 Å². The van der Waals surface area contributed by atoms with Crippen molar-refractivity contribution in [1.29, 1.82) is 0 Å². The SMILES string of the molecule is [2H]c1c(Cl)c(Cc2ccc(O)c(C(C)C)c2)c(Cl)c([2H])c1OCC(N)=O. The van der Waals surface area contributed by atoms with Crippen LogP contribution in [-0.4, -0.2) is 17.6 Å². The molecule has 0 saturated carbocycles. The van der Waals surface area contributed by atoms with Gasteiger partial charge in [-0.15, -0.1) is 0 Å². The molecule has 0 spiro atoms. The van der Waals surface area contributed by atoms with Crippen LogP contribution in [0.15, 0.2) is 30.3 Å². The molecule has 0 bridgehead atoms. The zero-order valence-electron chi connectivity index (χ0n) is 15.3. The second-order valence-corrected chi connectivity index (χ2v) is 6.42. The van der Waals surface area contributed by atoms with E-state index < -0.39 is 12.5 Å². The van der Waals surface area contributed by atoms with E-state index >= 15 is 0 Å². The first kappa shape index (κ1) is 15.6. The summed E-state index contributed by atoms with van der Waals surface area (Å²) in [6.45, 7) is 3.46. The van der Waals surface area contributed by atoms with Crippen molar-refractivity contribution in [3.05, 3.63) is 57.0 Å². The molecule has 24 heavy (non-hydrogen) atoms. The van der Waals surface area contributed by atoms with Crippen molar-refractivity contribution in [2.24, 2.45) is 5.73 Å². The highest BCUT2D eigenvalue weighted by atomic mass is 35.5. The molecule has 0 fully saturated rings. The lowest BCUT2D eigenvalue weighted by Crippen LogP contribution is -2.20. The maximum absolute atomic E-state index is 10.9. The van der Waals surface area contributed by atoms with Crippen LogP contribution in [0.2, 0.25) is 10.0 Å². The Labute approximate surface area is 154 Å². The normalized spacial score (nSPS) is 12.0. The molecule has 0 aliphatic rings. The molecule has 2 aromatic carbocycles. The van der Waals surface area contributed by atoms with E-state index in [0.29, 0.717) is 5.56 Å². The molecular formula is C18H19Cl2NO3. The Morgan fingerprint density at radius 1 is 1.33 bits per heavy atom. The lowest BCUT2D eigenvalue weighted by atomic mass is 9.96. The average molecular weight is 370 g/mol. The van der Waals surface area contributed by atoms with Gasteiger partial charge in [-0.3, -0.25) is 4.79 Å². The van der Waals surface area contributed by atoms with Crippen LogP contribution >= 0.6 is 23.2 Å². The molecule has 2 aromatic rings. The Bertz CT molecular complexity index is 828. The quantitative estimate of drug-likeness (QED) is 0.797. The van der Waals surface area contributed by atoms with Crippen molar-refractivity contribution in [3.8, 4) is 11.5 Å². The predicted octanol–water partition coefficient (Wildman–Crippen LogP) is 4.28. The number of phenolic OH excluding ortho intramolecular Hbond substituents is 1. The standard InChI is InChI=1S/C18H19Cl2NO3/c1-10(2)13-5-11(3-4-17(13)22)6-14-15(19)7-12(8-16(14)20)24-9-18(21)23/h3-5,7-8,10,22H,6,9H2,1-2H3,(H2,21,23)/i7D,8D. The molecule has 3 N–H and O–H groups in total. The van der Waals surface area contributed by atoms with Gasteiger partial charge in [0, 0.05) is 16.5 Å². The number of rotatable bonds is 6. The molecule has 0 unspecified atom stereocenters. The number of ether oxygens (including phenoxy) is 1. The predicted molar refractivity (Wildman–Crippen MR) is 96.2 cm³/mol. The summed E-state index contributed by atoms with van der Waals surface area (Å²) < 4.78 is 21.3. The molecule has 6 heteroatoms. The summed E-state index contributed by atoms with van der Waals surface area (Å²) in [4.78, 5) is 10.9. The monoisotopic (exact) mass is 369 g/mol. The Morgan fingerprint density at radius 2 is 1.96 bits per heavy atom. The van der Waals surface area contributed by atoms with Crippen molar-refractivity contribution in [3.63, 3.8) is 0 Å². The van der Waals surface area contributed by atoms with Gasteiger partial charge in [-0.2, -0.15) is 0 Å². The maximum Gasteiger partial charge on any atom is 0.255 e. The Kier molecular flexibility index (Phi) is 5.06. The molecule has 0 atom stereocenters. The van der Waals surface area contributed by atoms with Gasteiger partial charge in [-0.05, 0) is 40.8 Å². The van der Waals surface area contributed by atoms with Crippen molar-refractivity contribution in [2.45, 2.75) is 26.2 Å². The third-order valence-corrected chi connectivity index (χ3v) is 4.08. The number of hydrogen-bond donors (Lipinski definition) is 2. The van der Waals surface area contributed by atoms with E-state index in [0.717, 1.165) is 11.1 Å². The second kappa shape index (κ2) is 7.77. The van der Waals surface area contributed by atoms with Gasteiger partial charge in [0.1, 0.15) is 11.5 Å². The minimum Gasteiger partial charge on any atom is -0.508 e. The number of primary amides is 1. The number of halogens is 2. The van der Waals surface area contributed by atoms with E-state index in [1.165, 1.54) is 0 Å². The third kappa shape index (κ3) is 4.56. The number of carbonyl (C=O) groups excluding carboxylic acids is 1. The van der Waals surface area contributed by atoms with Crippen LogP contribution in [0, 0.1) is 0 Å². The van der Waals surface area contributed by atoms with Gasteiger partial charge in [0.2, 0.25) is 0 Å². The molecule has 0 aliphatic heterocycles. The molecule has 128 valence electrons. The second-order valence-electron chi connectivity index (χ2n) is 5.67. The van der Waals surface area contributed by atoms with E-state index in [-0.39, 0.29) is 46.0 Å². The van der Waals surface area contributed by atoms with Crippen molar-refractivity contribution in [2.75, 3.05) is 6.61 Å². The summed E-state index contributed by atoms with van der Waals surface area (Å²) in [7, 11) is 0. The lowest BCUT2D eigenvalue weighted by Gasteiger charge is -2.13. The number of phenols is 1. The van der Waals surface area contributed by atoms with E-state index in [1.807, 2.05) is 19.9 Å². The smallest absolute Gasteiger partial charge is 0.255 e. The van der Waals surface area contributed by atoms with Gasteiger partial charge in [-0.25, -0.2) is 0 Å². The van der Waals surface area contributed by atoms with Crippen LogP contribution in [-0.2, 0) is 11.2 Å². The molecule has 4 nitrogen and oxygen atoms in total. The largest absolute Gasteiger partial charge is 0.508 e. The fourth-order valence-electron chi connectivity index (χ4n) is 2.23. The molecule has 0 radical (unpaired) electrons. The number of nitrogens with two attached hydrogens (primary N) is 1. The first-order valence-corrected chi connectivity index (χ1v) is 8.09. The number of amides is 1. The average Bonchev–Trinajstić information content (AvgIpc) is 2.57. The van der Waals surface area contributed by atoms with Crippen LogP contribution < -0.4 is 10.5 Å². The Morgan fingerprint density at radius 3 is 2.50 bits per heavy atom. The summed E-state index contributed by atoms with van der Waals surface area (Å²) >= 11 is 12.5. The first-order valence-electron chi connectivity index (χ1n) is 8.33. The van der Waals surface area contributed by atoms with Gasteiger partial charge in [-0.1, -0.05) is 49.2 Å². The number of aromatic hydroxyl groups is 1. The van der Waals surface area contributed by atoms with Crippen LogP contribution in [0.25, 0.3) is 0 Å². The summed E-state index contributed by atoms with van der Waals surface area (Å²) in [5.41, 5.74) is 7.06. The molecule has 0 heterocycles. The molecule has 0 aromatic heterocycles. The highest BCUT2D eigenvalue weighted by Crippen LogP contribution is 2.33. The van der Waals surface area contributed by atoms with Crippen LogP contribution in [0.1, 0.15) is 39.2 Å². The Hall–Kier alpha value is -1.91. The lowest BCUT2D eigenvalue weighted by molar-refractivity contribution is -0.119. The highest BCUT2D eigenvalue weighted by Gasteiger charge is 2.13. The zero-order chi connectivity index (χ0) is 19.6. The topological polar surface area (TPSA) is 72.6 Å². The van der Waals surface area contributed by atoms with E-state index in [2.05, 4.69) is 0 Å². The summed E-state index contributed by atoms with van der Waals surface area (Å²) in [6.07, 6.45) is 0.283. The fraction of sp³-hybridized carbons (Fsp3) is 0.278. The fourth-order valence-corrected chi connectivity index (χ4v) is 2.77. The van der Waals surface area contributed by atoms with Gasteiger partial charge in [0.15, 0.2) is 6.61 Å². The van der Waals surface area contributed by atoms with Crippen molar-refractivity contribution >= 4 is 29.1 Å². The van der Waals surface area contributed by atoms with Crippen LogP contribution in [0.3, 0.4) is 0 Å². The van der Waals surface area contributed by atoms with Crippen molar-refractivity contribution in [1.82, 2.24) is 0 Å². The summed E-state index contributed by atoms with van der Waals surface area (Å²) in [5, 5.41) is 10.0. The van der Waals surface area contributed by atoms with Gasteiger partial charge in [0.05, 0.1) is 2.74 Å². The van der Waals surface area contributed by atoms with Crippen LogP contribution in [0.4, 0.5) is 0 Å². The third-order valence-electron chi connectivity index (χ3n) is 3.43. The van der Waals surface area contributed by atoms with Crippen LogP contribution in [0.5, 0.6) is 11.5 Å². The van der Waals surface area contributed by atoms with Gasteiger partial charge >= 0.3 is 0 Å². The first-order chi connectivity index (χ1) is 12.1. The maximum atomic E-state index is 10.9. The minimum atomic E-state index is -0.731. The van der Waals surface area contributed by atoms with Crippen molar-refractivity contribution < 1.29 is 17.4 Å². The highest BCUT2D eigenvalue weighted by molar-refractivity contribution is 6.36. The minimum absolute atomic E-state index is 0.0460. The summed E-state index contributed by atoms with van der Waals surface area (Å²) in [6, 6.07) is 4.73. The Balaban J connectivity index is 2.45. The number of benzene rings is 2. The van der Waals surface area contributed by atoms with Gasteiger partial charge < -0.3 is 15.6 Å². The molecule has 1 amide bonds. The molecule has 0 aliphatic carbocycles.